The van der Waals surface area contributed by atoms with Crippen molar-refractivity contribution in [3.05, 3.63) is 0 Å². The van der Waals surface area contributed by atoms with Crippen molar-refractivity contribution in [2.75, 3.05) is 0 Å². The SMILES string of the molecule is CC[C@]1(O)CC[C@@]2(C)[C@@H](CC[C@@H]3[C@@H]2CC[C@]2(C)[C@@H]([C@H](C)CCCC(C)(C)O)CC[C@@H]32)C1. The average Bonchev–Trinajstić information content (AvgIpc) is 3.05. The van der Waals surface area contributed by atoms with Crippen molar-refractivity contribution >= 4 is 0 Å². The van der Waals surface area contributed by atoms with Crippen LogP contribution >= 0.6 is 0 Å². The minimum atomic E-state index is -0.516. The summed E-state index contributed by atoms with van der Waals surface area (Å²) in [5.41, 5.74) is 0.120. The Kier molecular flexibility index (Phi) is 6.44. The molecule has 4 aliphatic rings. The third-order valence-corrected chi connectivity index (χ3v) is 11.7. The van der Waals surface area contributed by atoms with Gasteiger partial charge in [-0.3, -0.25) is 0 Å². The van der Waals surface area contributed by atoms with Crippen LogP contribution in [0.25, 0.3) is 0 Å². The van der Waals surface area contributed by atoms with E-state index in [4.69, 9.17) is 0 Å². The van der Waals surface area contributed by atoms with Crippen LogP contribution in [0.3, 0.4) is 0 Å². The molecule has 4 aliphatic carbocycles. The van der Waals surface area contributed by atoms with E-state index >= 15 is 0 Å². The maximum absolute atomic E-state index is 11.0. The molecule has 9 atom stereocenters. The minimum absolute atomic E-state index is 0.378. The van der Waals surface area contributed by atoms with Crippen LogP contribution in [0.5, 0.6) is 0 Å². The molecule has 4 fully saturated rings. The molecule has 0 unspecified atom stereocenters. The van der Waals surface area contributed by atoms with Gasteiger partial charge >= 0.3 is 0 Å². The number of hydrogen-bond donors (Lipinski definition) is 2. The van der Waals surface area contributed by atoms with Gasteiger partial charge in [0.05, 0.1) is 11.2 Å². The Morgan fingerprint density at radius 3 is 2.32 bits per heavy atom. The first-order valence-electron chi connectivity index (χ1n) is 13.9. The summed E-state index contributed by atoms with van der Waals surface area (Å²) in [6, 6.07) is 0. The van der Waals surface area contributed by atoms with Gasteiger partial charge in [-0.25, -0.2) is 0 Å². The standard InChI is InChI=1S/C29H52O2/c1-7-29(31)18-17-27(5)21(19-29)10-11-22-24-13-12-23(28(24,6)16-14-25(22)27)20(2)9-8-15-26(3,4)30/h20-25,30-31H,7-19H2,1-6H3/t20-,21+,22+,23-,24+,25+,27+,28-,29+/m1/s1. The van der Waals surface area contributed by atoms with Gasteiger partial charge in [-0.05, 0) is 131 Å². The molecule has 4 rings (SSSR count). The topological polar surface area (TPSA) is 40.5 Å². The number of aliphatic hydroxyl groups is 2. The Morgan fingerprint density at radius 2 is 1.65 bits per heavy atom. The summed E-state index contributed by atoms with van der Waals surface area (Å²) in [6.07, 6.45) is 16.2. The zero-order chi connectivity index (χ0) is 22.7. The van der Waals surface area contributed by atoms with Crippen molar-refractivity contribution in [2.45, 2.75) is 136 Å². The van der Waals surface area contributed by atoms with Crippen molar-refractivity contribution in [3.63, 3.8) is 0 Å². The van der Waals surface area contributed by atoms with Gasteiger partial charge in [0.15, 0.2) is 0 Å². The van der Waals surface area contributed by atoms with E-state index in [9.17, 15) is 10.2 Å². The van der Waals surface area contributed by atoms with Crippen molar-refractivity contribution < 1.29 is 10.2 Å². The number of rotatable bonds is 6. The molecule has 2 nitrogen and oxygen atoms in total. The zero-order valence-electron chi connectivity index (χ0n) is 21.6. The second kappa shape index (κ2) is 8.30. The first kappa shape index (κ1) is 24.1. The molecule has 0 aromatic carbocycles. The fourth-order valence-corrected chi connectivity index (χ4v) is 9.68. The zero-order valence-corrected chi connectivity index (χ0v) is 21.6. The van der Waals surface area contributed by atoms with E-state index in [1.165, 1.54) is 51.4 Å². The Balaban J connectivity index is 1.45. The molecule has 0 saturated heterocycles. The summed E-state index contributed by atoms with van der Waals surface area (Å²) in [7, 11) is 0. The van der Waals surface area contributed by atoms with E-state index in [1.807, 2.05) is 13.8 Å². The summed E-state index contributed by atoms with van der Waals surface area (Å²) >= 11 is 0. The molecule has 0 aliphatic heterocycles. The number of fused-ring (bicyclic) bond motifs is 5. The molecule has 2 heteroatoms. The van der Waals surface area contributed by atoms with E-state index in [1.54, 1.807) is 0 Å². The Bertz CT molecular complexity index is 637. The fraction of sp³-hybridized carbons (Fsp3) is 1.00. The lowest BCUT2D eigenvalue weighted by molar-refractivity contribution is -0.152. The van der Waals surface area contributed by atoms with Crippen LogP contribution < -0.4 is 0 Å². The second-order valence-electron chi connectivity index (χ2n) is 13.8. The predicted molar refractivity (Wildman–Crippen MR) is 130 cm³/mol. The van der Waals surface area contributed by atoms with Crippen LogP contribution in [0.1, 0.15) is 125 Å². The van der Waals surface area contributed by atoms with Gasteiger partial charge in [-0.2, -0.15) is 0 Å². The van der Waals surface area contributed by atoms with Gasteiger partial charge in [0.2, 0.25) is 0 Å². The van der Waals surface area contributed by atoms with Crippen LogP contribution in [0, 0.1) is 46.3 Å². The summed E-state index contributed by atoms with van der Waals surface area (Å²) in [5.74, 6) is 5.17. The molecule has 180 valence electrons. The molecule has 0 aromatic rings. The molecule has 0 amide bonds. The molecular weight excluding hydrogens is 380 g/mol. The van der Waals surface area contributed by atoms with Crippen LogP contribution in [0.15, 0.2) is 0 Å². The van der Waals surface area contributed by atoms with Crippen molar-refractivity contribution in [3.8, 4) is 0 Å². The smallest absolute Gasteiger partial charge is 0.0648 e. The fourth-order valence-electron chi connectivity index (χ4n) is 9.68. The summed E-state index contributed by atoms with van der Waals surface area (Å²) in [5, 5.41) is 21.1. The third-order valence-electron chi connectivity index (χ3n) is 11.7. The van der Waals surface area contributed by atoms with Crippen molar-refractivity contribution in [1.82, 2.24) is 0 Å². The lowest BCUT2D eigenvalue weighted by Gasteiger charge is -2.62. The first-order chi connectivity index (χ1) is 14.4. The molecule has 0 aromatic heterocycles. The lowest BCUT2D eigenvalue weighted by Crippen LogP contribution is -2.56. The highest BCUT2D eigenvalue weighted by atomic mass is 16.3. The van der Waals surface area contributed by atoms with Crippen LogP contribution in [0.4, 0.5) is 0 Å². The molecule has 0 bridgehead atoms. The lowest BCUT2D eigenvalue weighted by atomic mass is 9.43. The maximum Gasteiger partial charge on any atom is 0.0648 e. The van der Waals surface area contributed by atoms with Crippen molar-refractivity contribution in [2.24, 2.45) is 46.3 Å². The summed E-state index contributed by atoms with van der Waals surface area (Å²) in [6.45, 7) is 13.9. The largest absolute Gasteiger partial charge is 0.390 e. The van der Waals surface area contributed by atoms with Gasteiger partial charge in [-0.1, -0.05) is 40.5 Å². The van der Waals surface area contributed by atoms with Gasteiger partial charge in [0, 0.05) is 0 Å². The van der Waals surface area contributed by atoms with E-state index in [0.29, 0.717) is 10.8 Å². The molecule has 0 spiro atoms. The molecule has 31 heavy (non-hydrogen) atoms. The predicted octanol–water partition coefficient (Wildman–Crippen LogP) is 7.36. The Hall–Kier alpha value is -0.0800. The summed E-state index contributed by atoms with van der Waals surface area (Å²) < 4.78 is 0. The molecular formula is C29H52O2. The Labute approximate surface area is 193 Å². The molecule has 0 heterocycles. The maximum atomic E-state index is 11.0. The summed E-state index contributed by atoms with van der Waals surface area (Å²) in [4.78, 5) is 0. The molecule has 0 radical (unpaired) electrons. The minimum Gasteiger partial charge on any atom is -0.390 e. The van der Waals surface area contributed by atoms with Gasteiger partial charge < -0.3 is 10.2 Å². The highest BCUT2D eigenvalue weighted by Crippen LogP contribution is 2.69. The third kappa shape index (κ3) is 4.27. The van der Waals surface area contributed by atoms with E-state index in [-0.39, 0.29) is 5.60 Å². The van der Waals surface area contributed by atoms with Gasteiger partial charge in [-0.15, -0.1) is 0 Å². The van der Waals surface area contributed by atoms with E-state index in [2.05, 4.69) is 27.7 Å². The number of hydrogen-bond acceptors (Lipinski definition) is 2. The van der Waals surface area contributed by atoms with Gasteiger partial charge in [0.25, 0.3) is 0 Å². The first-order valence-corrected chi connectivity index (χ1v) is 13.9. The second-order valence-corrected chi connectivity index (χ2v) is 13.8. The van der Waals surface area contributed by atoms with Crippen LogP contribution in [-0.4, -0.2) is 21.4 Å². The quantitative estimate of drug-likeness (QED) is 0.460. The highest BCUT2D eigenvalue weighted by Gasteiger charge is 2.61. The van der Waals surface area contributed by atoms with Crippen LogP contribution in [-0.2, 0) is 0 Å². The molecule has 2 N–H and O–H groups in total. The van der Waals surface area contributed by atoms with Crippen LogP contribution in [0.2, 0.25) is 0 Å². The van der Waals surface area contributed by atoms with Crippen molar-refractivity contribution in [1.29, 1.82) is 0 Å². The monoisotopic (exact) mass is 432 g/mol. The normalized spacial score (nSPS) is 48.6. The Morgan fingerprint density at radius 1 is 0.935 bits per heavy atom. The van der Waals surface area contributed by atoms with E-state index < -0.39 is 5.60 Å². The van der Waals surface area contributed by atoms with Gasteiger partial charge in [0.1, 0.15) is 0 Å². The molecule has 4 saturated carbocycles. The highest BCUT2D eigenvalue weighted by molar-refractivity contribution is 5.10. The van der Waals surface area contributed by atoms with E-state index in [0.717, 1.165) is 67.6 Å². The average molecular weight is 433 g/mol.